The first-order valence-corrected chi connectivity index (χ1v) is 7.56. The van der Waals surface area contributed by atoms with Crippen molar-refractivity contribution in [3.05, 3.63) is 9.28 Å². The molecule has 0 bridgehead atoms. The number of hydrogen-bond donors (Lipinski definition) is 0. The second-order valence-corrected chi connectivity index (χ2v) is 6.69. The van der Waals surface area contributed by atoms with Gasteiger partial charge in [-0.2, -0.15) is 0 Å². The molecule has 0 unspecified atom stereocenters. The normalized spacial score (nSPS) is 25.9. The van der Waals surface area contributed by atoms with Gasteiger partial charge in [-0.3, -0.25) is 0 Å². The first kappa shape index (κ1) is 7.25. The van der Waals surface area contributed by atoms with Crippen molar-refractivity contribution in [3.63, 3.8) is 0 Å². The molecule has 0 aromatic rings. The summed E-state index contributed by atoms with van der Waals surface area (Å²) >= 11 is -0.724. The van der Waals surface area contributed by atoms with E-state index < -0.39 is 19.8 Å². The van der Waals surface area contributed by atoms with Crippen LogP contribution in [0.4, 0.5) is 0 Å². The number of hydrogen-bond acceptors (Lipinski definition) is 1. The Bertz CT molecular complexity index is 170. The van der Waals surface area contributed by atoms with Gasteiger partial charge in [0.25, 0.3) is 0 Å². The average molecular weight is 237 g/mol. The third-order valence-corrected chi connectivity index (χ3v) is 5.40. The van der Waals surface area contributed by atoms with Gasteiger partial charge < -0.3 is 0 Å². The van der Waals surface area contributed by atoms with Gasteiger partial charge in [-0.1, -0.05) is 0 Å². The summed E-state index contributed by atoms with van der Waals surface area (Å²) in [5.74, 6) is 0. The van der Waals surface area contributed by atoms with Crippen LogP contribution in [0.3, 0.4) is 0 Å². The summed E-state index contributed by atoms with van der Waals surface area (Å²) < 4.78 is 3.61. The van der Waals surface area contributed by atoms with Gasteiger partial charge in [0.1, 0.15) is 0 Å². The predicted octanol–water partition coefficient (Wildman–Crippen LogP) is 2.81. The molecule has 0 amide bonds. The zero-order valence-electron chi connectivity index (χ0n) is 6.11. The van der Waals surface area contributed by atoms with Crippen molar-refractivity contribution < 1.29 is 0 Å². The Morgan fingerprint density at radius 3 is 2.56 bits per heavy atom. The van der Waals surface area contributed by atoms with Crippen molar-refractivity contribution in [2.75, 3.05) is 4.93 Å². The van der Waals surface area contributed by atoms with E-state index in [9.17, 15) is 0 Å². The van der Waals surface area contributed by atoms with Crippen LogP contribution in [0.2, 0.25) is 0 Å². The van der Waals surface area contributed by atoms with Crippen LogP contribution in [0.5, 0.6) is 0 Å². The molecule has 0 fully saturated rings. The van der Waals surface area contributed by atoms with Gasteiger partial charge in [-0.15, -0.1) is 0 Å². The monoisotopic (exact) mass is 237 g/mol. The summed E-state index contributed by atoms with van der Waals surface area (Å²) in [5.41, 5.74) is 1.50. The van der Waals surface area contributed by atoms with Gasteiger partial charge in [0.2, 0.25) is 0 Å². The molecule has 1 aliphatic heterocycles. The van der Waals surface area contributed by atoms with Crippen LogP contribution >= 0.6 is 19.8 Å². The number of rotatable bonds is 1. The van der Waals surface area contributed by atoms with Crippen molar-refractivity contribution in [2.45, 2.75) is 20.3 Å². The molecule has 1 heterocycles. The van der Waals surface area contributed by atoms with Crippen molar-refractivity contribution >= 4 is 24.0 Å². The number of halogens is 1. The number of alkyl halides is 1. The molecule has 0 spiro atoms. The van der Waals surface area contributed by atoms with Crippen LogP contribution in [-0.2, 0) is 0 Å². The molecule has 1 nitrogen and oxygen atoms in total. The van der Waals surface area contributed by atoms with E-state index in [1.165, 1.54) is 15.7 Å². The van der Waals surface area contributed by atoms with Crippen LogP contribution in [0.1, 0.15) is 20.3 Å². The Hall–Kier alpha value is 0.140. The standard InChI is InChI=1S/C7H12IN/c1-4-6(2)7-8(3)5-9-7/h5H,4H2,1-3H3/b7-6+. The maximum atomic E-state index is 4.25. The van der Waals surface area contributed by atoms with Crippen molar-refractivity contribution in [1.29, 1.82) is 0 Å². The van der Waals surface area contributed by atoms with Crippen LogP contribution in [0.25, 0.3) is 0 Å². The minimum absolute atomic E-state index is 0.724. The van der Waals surface area contributed by atoms with Crippen molar-refractivity contribution in [2.24, 2.45) is 4.99 Å². The van der Waals surface area contributed by atoms with Crippen LogP contribution in [-0.4, -0.2) is 9.15 Å². The van der Waals surface area contributed by atoms with Crippen molar-refractivity contribution in [1.82, 2.24) is 0 Å². The molecular weight excluding hydrogens is 225 g/mol. The third-order valence-electron chi connectivity index (χ3n) is 1.47. The molecular formula is C7H12IN. The fourth-order valence-corrected chi connectivity index (χ4v) is 3.65. The van der Waals surface area contributed by atoms with Crippen molar-refractivity contribution in [3.8, 4) is 0 Å². The van der Waals surface area contributed by atoms with Crippen LogP contribution in [0.15, 0.2) is 14.3 Å². The van der Waals surface area contributed by atoms with Gasteiger partial charge in [0.05, 0.1) is 0 Å². The van der Waals surface area contributed by atoms with Gasteiger partial charge in [-0.05, 0) is 0 Å². The van der Waals surface area contributed by atoms with E-state index in [1.807, 2.05) is 0 Å². The van der Waals surface area contributed by atoms with E-state index in [0.717, 1.165) is 0 Å². The van der Waals surface area contributed by atoms with Gasteiger partial charge >= 0.3 is 63.5 Å². The average Bonchev–Trinajstić information content (AvgIpc) is 1.84. The Morgan fingerprint density at radius 2 is 2.44 bits per heavy atom. The van der Waals surface area contributed by atoms with E-state index in [2.05, 4.69) is 28.0 Å². The predicted molar refractivity (Wildman–Crippen MR) is 51.4 cm³/mol. The van der Waals surface area contributed by atoms with E-state index in [1.54, 1.807) is 0 Å². The Balaban J connectivity index is 2.72. The molecule has 1 aliphatic rings. The molecule has 0 saturated heterocycles. The zero-order chi connectivity index (χ0) is 6.85. The first-order valence-electron chi connectivity index (χ1n) is 3.08. The first-order chi connectivity index (χ1) is 4.25. The topological polar surface area (TPSA) is 12.4 Å². The third kappa shape index (κ3) is 1.34. The summed E-state index contributed by atoms with van der Waals surface area (Å²) in [6.45, 7) is 4.39. The summed E-state index contributed by atoms with van der Waals surface area (Å²) in [5, 5.41) is 0. The molecule has 0 saturated carbocycles. The fraction of sp³-hybridized carbons (Fsp3) is 0.571. The summed E-state index contributed by atoms with van der Waals surface area (Å²) in [6, 6.07) is 0. The quantitative estimate of drug-likeness (QED) is 0.377. The molecule has 0 N–H and O–H groups in total. The molecule has 0 atom stereocenters. The molecule has 52 valence electrons. The molecule has 0 aromatic heterocycles. The number of nitrogens with zero attached hydrogens (tertiary/aromatic N) is 1. The van der Waals surface area contributed by atoms with Gasteiger partial charge in [0.15, 0.2) is 0 Å². The van der Waals surface area contributed by atoms with Gasteiger partial charge in [-0.25, -0.2) is 0 Å². The summed E-state index contributed by atoms with van der Waals surface area (Å²) in [4.78, 5) is 6.58. The van der Waals surface area contributed by atoms with E-state index in [-0.39, 0.29) is 0 Å². The Labute approximate surface area is 63.6 Å². The van der Waals surface area contributed by atoms with E-state index in [4.69, 9.17) is 0 Å². The SMILES string of the molecule is CC/C(C)=C1/N=CI1C. The Kier molecular flexibility index (Phi) is 2.27. The molecule has 9 heavy (non-hydrogen) atoms. The second-order valence-electron chi connectivity index (χ2n) is 2.17. The zero-order valence-corrected chi connectivity index (χ0v) is 8.27. The molecule has 1 rings (SSSR count). The number of allylic oxidation sites excluding steroid dienone is 1. The molecule has 0 aliphatic carbocycles. The summed E-state index contributed by atoms with van der Waals surface area (Å²) in [7, 11) is 0. The molecule has 0 aromatic carbocycles. The second kappa shape index (κ2) is 2.82. The molecule has 2 heteroatoms. The molecule has 0 radical (unpaired) electrons. The van der Waals surface area contributed by atoms with Crippen LogP contribution in [0, 0.1) is 0 Å². The fourth-order valence-electron chi connectivity index (χ4n) is 0.706. The van der Waals surface area contributed by atoms with E-state index >= 15 is 0 Å². The Morgan fingerprint density at radius 1 is 1.78 bits per heavy atom. The van der Waals surface area contributed by atoms with Gasteiger partial charge in [0, 0.05) is 0 Å². The maximum absolute atomic E-state index is 4.25. The van der Waals surface area contributed by atoms with E-state index in [0.29, 0.717) is 0 Å². The van der Waals surface area contributed by atoms with Crippen LogP contribution < -0.4 is 0 Å². The summed E-state index contributed by atoms with van der Waals surface area (Å²) in [6.07, 6.45) is 1.18. The minimum atomic E-state index is -0.724. The number of aliphatic imine (C=N–C) groups is 1.